The Morgan fingerprint density at radius 2 is 2.32 bits per heavy atom. The maximum atomic E-state index is 13.8. The summed E-state index contributed by atoms with van der Waals surface area (Å²) in [6.07, 6.45) is 1.35. The molecule has 1 N–H and O–H groups in total. The molecule has 2 saturated heterocycles. The number of nitrogens with zero attached hydrogens (tertiary/aromatic N) is 2. The molecule has 138 valence electrons. The summed E-state index contributed by atoms with van der Waals surface area (Å²) in [5.41, 5.74) is 0.407. The van der Waals surface area contributed by atoms with Crippen molar-refractivity contribution in [2.24, 2.45) is 5.92 Å². The second-order valence-corrected chi connectivity index (χ2v) is 6.52. The highest BCUT2D eigenvalue weighted by Crippen LogP contribution is 2.31. The second-order valence-electron chi connectivity index (χ2n) is 6.52. The Labute approximate surface area is 145 Å². The van der Waals surface area contributed by atoms with Gasteiger partial charge in [0.15, 0.2) is 0 Å². The van der Waals surface area contributed by atoms with Gasteiger partial charge in [-0.3, -0.25) is 4.79 Å². The van der Waals surface area contributed by atoms with Gasteiger partial charge >= 0.3 is 0 Å². The fourth-order valence-electron chi connectivity index (χ4n) is 3.05. The summed E-state index contributed by atoms with van der Waals surface area (Å²) >= 11 is 0. The highest BCUT2D eigenvalue weighted by molar-refractivity contribution is 5.94. The summed E-state index contributed by atoms with van der Waals surface area (Å²) < 4.78 is 38.2. The summed E-state index contributed by atoms with van der Waals surface area (Å²) in [7, 11) is 0. The first-order valence-corrected chi connectivity index (χ1v) is 8.52. The van der Waals surface area contributed by atoms with Gasteiger partial charge < -0.3 is 19.7 Å². The van der Waals surface area contributed by atoms with Crippen LogP contribution in [0.15, 0.2) is 18.3 Å². The average Bonchev–Trinajstić information content (AvgIpc) is 2.60. The quantitative estimate of drug-likeness (QED) is 0.891. The molecule has 0 radical (unpaired) electrons. The van der Waals surface area contributed by atoms with Gasteiger partial charge in [-0.1, -0.05) is 0 Å². The maximum absolute atomic E-state index is 13.8. The number of carbonyl (C=O) groups is 1. The summed E-state index contributed by atoms with van der Waals surface area (Å²) in [4.78, 5) is 18.7. The third-order valence-corrected chi connectivity index (χ3v) is 4.58. The van der Waals surface area contributed by atoms with E-state index in [1.807, 2.05) is 11.8 Å². The van der Waals surface area contributed by atoms with Crippen LogP contribution in [0.1, 0.15) is 23.7 Å². The first-order chi connectivity index (χ1) is 12.0. The van der Waals surface area contributed by atoms with Crippen molar-refractivity contribution in [3.8, 4) is 0 Å². The predicted molar refractivity (Wildman–Crippen MR) is 88.1 cm³/mol. The Morgan fingerprint density at radius 1 is 1.48 bits per heavy atom. The molecule has 0 aromatic carbocycles. The van der Waals surface area contributed by atoms with Crippen molar-refractivity contribution in [1.82, 2.24) is 10.3 Å². The topological polar surface area (TPSA) is 63.7 Å². The van der Waals surface area contributed by atoms with Crippen molar-refractivity contribution in [1.29, 1.82) is 0 Å². The molecule has 0 aliphatic carbocycles. The third-order valence-electron chi connectivity index (χ3n) is 4.58. The number of anilines is 1. The van der Waals surface area contributed by atoms with Gasteiger partial charge in [-0.2, -0.15) is 0 Å². The number of amides is 1. The van der Waals surface area contributed by atoms with Crippen molar-refractivity contribution in [2.45, 2.75) is 25.4 Å². The lowest BCUT2D eigenvalue weighted by Gasteiger charge is -2.32. The molecule has 3 rings (SSSR count). The highest BCUT2D eigenvalue weighted by atomic mass is 19.3. The molecular formula is C17H23F2N3O3. The molecular weight excluding hydrogens is 332 g/mol. The van der Waals surface area contributed by atoms with Crippen LogP contribution in [0.4, 0.5) is 14.6 Å². The molecule has 25 heavy (non-hydrogen) atoms. The number of hydrogen-bond donors (Lipinski definition) is 1. The molecule has 3 heterocycles. The van der Waals surface area contributed by atoms with Crippen LogP contribution in [0.5, 0.6) is 0 Å². The average molecular weight is 355 g/mol. The van der Waals surface area contributed by atoms with Crippen LogP contribution in [0, 0.1) is 5.92 Å². The van der Waals surface area contributed by atoms with Crippen LogP contribution in [0.2, 0.25) is 0 Å². The summed E-state index contributed by atoms with van der Waals surface area (Å²) in [5, 5.41) is 2.59. The van der Waals surface area contributed by atoms with E-state index in [-0.39, 0.29) is 38.2 Å². The zero-order valence-corrected chi connectivity index (χ0v) is 14.2. The van der Waals surface area contributed by atoms with E-state index in [0.29, 0.717) is 31.1 Å². The van der Waals surface area contributed by atoms with E-state index < -0.39 is 11.8 Å². The summed E-state index contributed by atoms with van der Waals surface area (Å²) in [6.45, 7) is 3.89. The number of carbonyl (C=O) groups excluding carboxylic acids is 1. The standard InChI is InChI=1S/C17H23F2N3O3/c1-12-10-22(5-7-25-12)15-8-13(2-4-20-15)16(23)21-9-14-11-24-6-3-17(14,18)19/h2,4,8,12,14H,3,5-7,9-11H2,1H3,(H,21,23). The number of nitrogens with one attached hydrogen (secondary N) is 1. The van der Waals surface area contributed by atoms with Gasteiger partial charge in [0, 0.05) is 37.8 Å². The van der Waals surface area contributed by atoms with Gasteiger partial charge in [0.05, 0.1) is 31.8 Å². The Kier molecular flexibility index (Phi) is 5.48. The van der Waals surface area contributed by atoms with Crippen LogP contribution < -0.4 is 10.2 Å². The van der Waals surface area contributed by atoms with Crippen LogP contribution in [-0.2, 0) is 9.47 Å². The van der Waals surface area contributed by atoms with Gasteiger partial charge in [0.1, 0.15) is 5.82 Å². The Bertz CT molecular complexity index is 615. The first kappa shape index (κ1) is 18.0. The van der Waals surface area contributed by atoms with Crippen molar-refractivity contribution >= 4 is 11.7 Å². The first-order valence-electron chi connectivity index (χ1n) is 8.52. The Balaban J connectivity index is 1.61. The molecule has 8 heteroatoms. The molecule has 1 aromatic heterocycles. The molecule has 2 fully saturated rings. The molecule has 0 saturated carbocycles. The zero-order valence-electron chi connectivity index (χ0n) is 14.2. The minimum absolute atomic E-state index is 0.0411. The Hall–Kier alpha value is -1.80. The minimum Gasteiger partial charge on any atom is -0.381 e. The lowest BCUT2D eigenvalue weighted by atomic mass is 9.97. The molecule has 0 bridgehead atoms. The van der Waals surface area contributed by atoms with E-state index in [4.69, 9.17) is 9.47 Å². The van der Waals surface area contributed by atoms with E-state index >= 15 is 0 Å². The number of halogens is 2. The maximum Gasteiger partial charge on any atom is 0.257 e. The monoisotopic (exact) mass is 355 g/mol. The van der Waals surface area contributed by atoms with Gasteiger partial charge in [0.25, 0.3) is 11.8 Å². The van der Waals surface area contributed by atoms with Gasteiger partial charge in [-0.05, 0) is 19.1 Å². The number of pyridine rings is 1. The van der Waals surface area contributed by atoms with Gasteiger partial charge in [0.2, 0.25) is 0 Å². The molecule has 2 atom stereocenters. The lowest BCUT2D eigenvalue weighted by Crippen LogP contribution is -2.45. The predicted octanol–water partition coefficient (Wildman–Crippen LogP) is 1.71. The van der Waals surface area contributed by atoms with E-state index in [9.17, 15) is 13.6 Å². The van der Waals surface area contributed by atoms with Crippen LogP contribution in [0.3, 0.4) is 0 Å². The molecule has 1 aromatic rings. The molecule has 2 aliphatic rings. The number of ether oxygens (including phenoxy) is 2. The normalized spacial score (nSPS) is 26.3. The minimum atomic E-state index is -2.81. The van der Waals surface area contributed by atoms with Crippen LogP contribution >= 0.6 is 0 Å². The van der Waals surface area contributed by atoms with Crippen molar-refractivity contribution in [3.05, 3.63) is 23.9 Å². The summed E-state index contributed by atoms with van der Waals surface area (Å²) in [5.74, 6) is -3.49. The Morgan fingerprint density at radius 3 is 3.08 bits per heavy atom. The molecule has 2 unspecified atom stereocenters. The largest absolute Gasteiger partial charge is 0.381 e. The molecule has 2 aliphatic heterocycles. The fourth-order valence-corrected chi connectivity index (χ4v) is 3.05. The van der Waals surface area contributed by atoms with Crippen molar-refractivity contribution in [2.75, 3.05) is 44.4 Å². The van der Waals surface area contributed by atoms with E-state index in [2.05, 4.69) is 10.3 Å². The third kappa shape index (κ3) is 4.43. The SMILES string of the molecule is CC1CN(c2cc(C(=O)NCC3COCCC3(F)F)ccn2)CCO1. The highest BCUT2D eigenvalue weighted by Gasteiger charge is 2.42. The van der Waals surface area contributed by atoms with Gasteiger partial charge in [-0.15, -0.1) is 0 Å². The molecule has 6 nitrogen and oxygen atoms in total. The number of hydrogen-bond acceptors (Lipinski definition) is 5. The molecule has 0 spiro atoms. The van der Waals surface area contributed by atoms with Gasteiger partial charge in [-0.25, -0.2) is 13.8 Å². The number of aromatic nitrogens is 1. The lowest BCUT2D eigenvalue weighted by molar-refractivity contribution is -0.138. The number of rotatable bonds is 4. The number of morpholine rings is 1. The van der Waals surface area contributed by atoms with Crippen molar-refractivity contribution < 1.29 is 23.0 Å². The van der Waals surface area contributed by atoms with Crippen LogP contribution in [0.25, 0.3) is 0 Å². The van der Waals surface area contributed by atoms with E-state index in [0.717, 1.165) is 0 Å². The summed E-state index contributed by atoms with van der Waals surface area (Å²) in [6, 6.07) is 3.26. The fraction of sp³-hybridized carbons (Fsp3) is 0.647. The molecule has 1 amide bonds. The van der Waals surface area contributed by atoms with E-state index in [1.54, 1.807) is 18.3 Å². The number of alkyl halides is 2. The zero-order chi connectivity index (χ0) is 17.9. The second kappa shape index (κ2) is 7.61. The van der Waals surface area contributed by atoms with Crippen molar-refractivity contribution in [3.63, 3.8) is 0 Å². The van der Waals surface area contributed by atoms with Crippen LogP contribution in [-0.4, -0.2) is 62.4 Å². The van der Waals surface area contributed by atoms with E-state index in [1.165, 1.54) is 0 Å². The smallest absolute Gasteiger partial charge is 0.257 e.